The maximum atomic E-state index is 11.8. The highest BCUT2D eigenvalue weighted by Gasteiger charge is 2.31. The zero-order chi connectivity index (χ0) is 13.3. The van der Waals surface area contributed by atoms with Gasteiger partial charge in [-0.3, -0.25) is 0 Å². The van der Waals surface area contributed by atoms with Crippen LogP contribution in [0.3, 0.4) is 0 Å². The number of hydrogen-bond acceptors (Lipinski definition) is 6. The van der Waals surface area contributed by atoms with Crippen molar-refractivity contribution in [1.29, 1.82) is 0 Å². The summed E-state index contributed by atoms with van der Waals surface area (Å²) < 4.78 is 11.2. The van der Waals surface area contributed by atoms with Gasteiger partial charge in [-0.2, -0.15) is 0 Å². The Balaban J connectivity index is 2.43. The summed E-state index contributed by atoms with van der Waals surface area (Å²) >= 11 is 4.75. The van der Waals surface area contributed by atoms with Crippen LogP contribution in [-0.2, 0) is 4.74 Å². The second kappa shape index (κ2) is 5.46. The molecule has 0 aromatic carbocycles. The molecular formula is C11H15BrN2O3S. The lowest BCUT2D eigenvalue weighted by atomic mass is 10.2. The van der Waals surface area contributed by atoms with Gasteiger partial charge in [0, 0.05) is 12.6 Å². The average Bonchev–Trinajstić information content (AvgIpc) is 2.67. The molecule has 5 nitrogen and oxygen atoms in total. The number of ether oxygens (including phenoxy) is 2. The van der Waals surface area contributed by atoms with Gasteiger partial charge >= 0.3 is 5.97 Å². The van der Waals surface area contributed by atoms with Crippen LogP contribution < -0.4 is 15.4 Å². The van der Waals surface area contributed by atoms with E-state index in [1.165, 1.54) is 18.4 Å². The number of hydrogen-bond donors (Lipinski definition) is 1. The van der Waals surface area contributed by atoms with Gasteiger partial charge in [0.15, 0.2) is 5.75 Å². The summed E-state index contributed by atoms with van der Waals surface area (Å²) in [5.74, 6) is 0.370. The Labute approximate surface area is 118 Å². The number of nitrogens with two attached hydrogens (primary N) is 1. The van der Waals surface area contributed by atoms with Gasteiger partial charge in [0.25, 0.3) is 0 Å². The van der Waals surface area contributed by atoms with E-state index in [0.29, 0.717) is 23.8 Å². The number of fused-ring (bicyclic) bond motifs is 1. The molecule has 1 aromatic rings. The van der Waals surface area contributed by atoms with Crippen molar-refractivity contribution in [1.82, 2.24) is 0 Å². The molecule has 1 aliphatic rings. The fraction of sp³-hybridized carbons (Fsp3) is 0.545. The number of rotatable bonds is 3. The SMILES string of the molecule is COC(=O)c1sc(Br)c2c1N(C[C@H](C)N)CCO2. The Bertz CT molecular complexity index is 461. The monoisotopic (exact) mass is 334 g/mol. The Morgan fingerprint density at radius 3 is 3.06 bits per heavy atom. The van der Waals surface area contributed by atoms with Crippen LogP contribution in [0.5, 0.6) is 5.75 Å². The third kappa shape index (κ3) is 2.48. The van der Waals surface area contributed by atoms with Crippen LogP contribution in [0.15, 0.2) is 3.79 Å². The van der Waals surface area contributed by atoms with E-state index in [1.54, 1.807) is 0 Å². The van der Waals surface area contributed by atoms with Crippen LogP contribution in [0.2, 0.25) is 0 Å². The number of carbonyl (C=O) groups excluding carboxylic acids is 1. The van der Waals surface area contributed by atoms with Crippen LogP contribution >= 0.6 is 27.3 Å². The zero-order valence-electron chi connectivity index (χ0n) is 10.2. The topological polar surface area (TPSA) is 64.8 Å². The molecule has 100 valence electrons. The minimum atomic E-state index is -0.345. The maximum Gasteiger partial charge on any atom is 0.350 e. The molecule has 2 heterocycles. The number of halogens is 1. The van der Waals surface area contributed by atoms with Crippen LogP contribution in [0.1, 0.15) is 16.6 Å². The molecule has 0 aliphatic carbocycles. The Morgan fingerprint density at radius 1 is 1.72 bits per heavy atom. The predicted octanol–water partition coefficient (Wildman–Crippen LogP) is 1.84. The molecule has 0 fully saturated rings. The first kappa shape index (κ1) is 13.6. The summed E-state index contributed by atoms with van der Waals surface area (Å²) in [5.41, 5.74) is 6.63. The number of anilines is 1. The summed E-state index contributed by atoms with van der Waals surface area (Å²) in [4.78, 5) is 14.4. The minimum absolute atomic E-state index is 0.0279. The van der Waals surface area contributed by atoms with Crippen molar-refractivity contribution < 1.29 is 14.3 Å². The second-order valence-electron chi connectivity index (χ2n) is 4.15. The highest BCUT2D eigenvalue weighted by atomic mass is 79.9. The number of esters is 1. The highest BCUT2D eigenvalue weighted by Crippen LogP contribution is 2.47. The molecule has 0 bridgehead atoms. The van der Waals surface area contributed by atoms with Gasteiger partial charge in [-0.15, -0.1) is 11.3 Å². The fourth-order valence-corrected chi connectivity index (χ4v) is 3.62. The van der Waals surface area contributed by atoms with Gasteiger partial charge in [0.1, 0.15) is 21.0 Å². The molecule has 0 radical (unpaired) electrons. The van der Waals surface area contributed by atoms with Gasteiger partial charge in [-0.1, -0.05) is 0 Å². The van der Waals surface area contributed by atoms with Gasteiger partial charge in [0.2, 0.25) is 0 Å². The minimum Gasteiger partial charge on any atom is -0.487 e. The summed E-state index contributed by atoms with van der Waals surface area (Å²) in [6.07, 6.45) is 0. The van der Waals surface area contributed by atoms with Crippen molar-refractivity contribution in [2.24, 2.45) is 5.73 Å². The number of methoxy groups -OCH3 is 1. The fourth-order valence-electron chi connectivity index (χ4n) is 1.92. The van der Waals surface area contributed by atoms with E-state index in [-0.39, 0.29) is 12.0 Å². The average molecular weight is 335 g/mol. The maximum absolute atomic E-state index is 11.8. The molecule has 2 rings (SSSR count). The van der Waals surface area contributed by atoms with E-state index in [4.69, 9.17) is 15.2 Å². The first-order chi connectivity index (χ1) is 8.54. The van der Waals surface area contributed by atoms with Gasteiger partial charge < -0.3 is 20.1 Å². The van der Waals surface area contributed by atoms with Gasteiger partial charge in [0.05, 0.1) is 13.7 Å². The van der Waals surface area contributed by atoms with Crippen LogP contribution in [0.25, 0.3) is 0 Å². The molecule has 0 spiro atoms. The lowest BCUT2D eigenvalue weighted by Crippen LogP contribution is -2.40. The van der Waals surface area contributed by atoms with E-state index < -0.39 is 0 Å². The molecule has 1 atom stereocenters. The van der Waals surface area contributed by atoms with Crippen LogP contribution in [0, 0.1) is 0 Å². The van der Waals surface area contributed by atoms with Crippen LogP contribution in [-0.4, -0.2) is 38.8 Å². The summed E-state index contributed by atoms with van der Waals surface area (Å²) in [6, 6.07) is 0.0279. The lowest BCUT2D eigenvalue weighted by molar-refractivity contribution is 0.0606. The van der Waals surface area contributed by atoms with Crippen molar-refractivity contribution >= 4 is 38.9 Å². The summed E-state index contributed by atoms with van der Waals surface area (Å²) in [7, 11) is 1.38. The molecule has 0 unspecified atom stereocenters. The number of nitrogens with zero attached hydrogens (tertiary/aromatic N) is 1. The Hall–Kier alpha value is -0.790. The molecular weight excluding hydrogens is 320 g/mol. The molecule has 1 aliphatic heterocycles. The van der Waals surface area contributed by atoms with E-state index in [1.807, 2.05) is 6.92 Å². The van der Waals surface area contributed by atoms with E-state index in [2.05, 4.69) is 20.8 Å². The van der Waals surface area contributed by atoms with E-state index in [9.17, 15) is 4.79 Å². The first-order valence-corrected chi connectivity index (χ1v) is 7.19. The van der Waals surface area contributed by atoms with Crippen molar-refractivity contribution in [2.45, 2.75) is 13.0 Å². The molecule has 0 saturated heterocycles. The highest BCUT2D eigenvalue weighted by molar-refractivity contribution is 9.11. The van der Waals surface area contributed by atoms with Gasteiger partial charge in [-0.05, 0) is 22.9 Å². The molecule has 0 amide bonds. The summed E-state index contributed by atoms with van der Waals surface area (Å²) in [5, 5.41) is 0. The van der Waals surface area contributed by atoms with E-state index in [0.717, 1.165) is 16.0 Å². The zero-order valence-corrected chi connectivity index (χ0v) is 12.6. The number of carbonyl (C=O) groups is 1. The first-order valence-electron chi connectivity index (χ1n) is 5.58. The molecule has 1 aromatic heterocycles. The smallest absolute Gasteiger partial charge is 0.350 e. The largest absolute Gasteiger partial charge is 0.487 e. The van der Waals surface area contributed by atoms with Crippen molar-refractivity contribution in [2.75, 3.05) is 31.7 Å². The second-order valence-corrected chi connectivity index (χ2v) is 6.48. The third-order valence-corrected chi connectivity index (χ3v) is 4.38. The number of thiophene rings is 1. The standard InChI is InChI=1S/C11H15BrN2O3S/c1-6(13)5-14-3-4-17-8-7(14)9(11(15)16-2)18-10(8)12/h6H,3-5,13H2,1-2H3/t6-/m0/s1. The lowest BCUT2D eigenvalue weighted by Gasteiger charge is -2.31. The Kier molecular flexibility index (Phi) is 4.14. The van der Waals surface area contributed by atoms with E-state index >= 15 is 0 Å². The predicted molar refractivity (Wildman–Crippen MR) is 74.7 cm³/mol. The summed E-state index contributed by atoms with van der Waals surface area (Å²) in [6.45, 7) is 3.94. The quantitative estimate of drug-likeness (QED) is 0.854. The Morgan fingerprint density at radius 2 is 2.44 bits per heavy atom. The van der Waals surface area contributed by atoms with Crippen molar-refractivity contribution in [3.8, 4) is 5.75 Å². The van der Waals surface area contributed by atoms with Crippen molar-refractivity contribution in [3.05, 3.63) is 8.66 Å². The normalized spacial score (nSPS) is 15.9. The third-order valence-electron chi connectivity index (χ3n) is 2.60. The molecule has 0 saturated carbocycles. The van der Waals surface area contributed by atoms with Crippen LogP contribution in [0.4, 0.5) is 5.69 Å². The molecule has 2 N–H and O–H groups in total. The van der Waals surface area contributed by atoms with Gasteiger partial charge in [-0.25, -0.2) is 4.79 Å². The molecule has 7 heteroatoms. The van der Waals surface area contributed by atoms with Crippen molar-refractivity contribution in [3.63, 3.8) is 0 Å². The molecule has 18 heavy (non-hydrogen) atoms.